The highest BCUT2D eigenvalue weighted by Gasteiger charge is 2.45. The lowest BCUT2D eigenvalue weighted by atomic mass is 9.89. The SMILES string of the molecule is CCC(C)C(C)(O)C(OC)S(=O)(=O)c1ccccc1. The van der Waals surface area contributed by atoms with Gasteiger partial charge in [-0.25, -0.2) is 8.42 Å². The fourth-order valence-electron chi connectivity index (χ4n) is 2.06. The Morgan fingerprint density at radius 1 is 1.32 bits per heavy atom. The van der Waals surface area contributed by atoms with Gasteiger partial charge in [0, 0.05) is 7.11 Å². The van der Waals surface area contributed by atoms with E-state index in [-0.39, 0.29) is 10.8 Å². The van der Waals surface area contributed by atoms with Crippen molar-refractivity contribution in [3.63, 3.8) is 0 Å². The Balaban J connectivity index is 3.24. The van der Waals surface area contributed by atoms with Crippen LogP contribution in [0, 0.1) is 5.92 Å². The first-order valence-corrected chi connectivity index (χ1v) is 7.87. The molecule has 0 saturated heterocycles. The van der Waals surface area contributed by atoms with Crippen molar-refractivity contribution in [3.05, 3.63) is 30.3 Å². The minimum Gasteiger partial charge on any atom is -0.386 e. The molecule has 1 N–H and O–H groups in total. The van der Waals surface area contributed by atoms with Gasteiger partial charge in [0.1, 0.15) is 5.60 Å². The molecule has 0 radical (unpaired) electrons. The zero-order chi connectivity index (χ0) is 14.7. The molecule has 0 spiro atoms. The zero-order valence-electron chi connectivity index (χ0n) is 11.8. The summed E-state index contributed by atoms with van der Waals surface area (Å²) in [6.45, 7) is 5.23. The van der Waals surface area contributed by atoms with Crippen molar-refractivity contribution in [2.45, 2.75) is 43.1 Å². The Hall–Kier alpha value is -0.910. The molecule has 0 aliphatic rings. The van der Waals surface area contributed by atoms with Crippen molar-refractivity contribution in [1.29, 1.82) is 0 Å². The Labute approximate surface area is 115 Å². The highest BCUT2D eigenvalue weighted by molar-refractivity contribution is 7.92. The monoisotopic (exact) mass is 286 g/mol. The van der Waals surface area contributed by atoms with Crippen molar-refractivity contribution >= 4 is 9.84 Å². The summed E-state index contributed by atoms with van der Waals surface area (Å²) in [5, 5.41) is 10.5. The van der Waals surface area contributed by atoms with E-state index >= 15 is 0 Å². The van der Waals surface area contributed by atoms with Gasteiger partial charge in [-0.1, -0.05) is 38.5 Å². The molecule has 0 aliphatic carbocycles. The first kappa shape index (κ1) is 16.1. The quantitative estimate of drug-likeness (QED) is 0.871. The molecular formula is C14H22O4S. The maximum Gasteiger partial charge on any atom is 0.208 e. The van der Waals surface area contributed by atoms with Crippen molar-refractivity contribution in [2.24, 2.45) is 5.92 Å². The largest absolute Gasteiger partial charge is 0.386 e. The maximum atomic E-state index is 12.5. The molecule has 3 atom stereocenters. The predicted octanol–water partition coefficient (Wildman–Crippen LogP) is 2.23. The number of sulfone groups is 1. The summed E-state index contributed by atoms with van der Waals surface area (Å²) in [4.78, 5) is 0.158. The standard InChI is InChI=1S/C14H22O4S/c1-5-11(2)14(3,15)13(18-4)19(16,17)12-9-7-6-8-10-12/h6-11,13,15H,5H2,1-4H3. The molecule has 5 heteroatoms. The summed E-state index contributed by atoms with van der Waals surface area (Å²) in [7, 11) is -2.43. The smallest absolute Gasteiger partial charge is 0.208 e. The van der Waals surface area contributed by atoms with Crippen LogP contribution in [0.25, 0.3) is 0 Å². The normalized spacial score (nSPS) is 18.6. The van der Waals surface area contributed by atoms with Gasteiger partial charge in [-0.05, 0) is 25.0 Å². The lowest BCUT2D eigenvalue weighted by Crippen LogP contribution is -2.50. The van der Waals surface area contributed by atoms with Crippen LogP contribution in [0.2, 0.25) is 0 Å². The molecule has 0 bridgehead atoms. The molecule has 0 aromatic heterocycles. The lowest BCUT2D eigenvalue weighted by Gasteiger charge is -2.36. The molecular weight excluding hydrogens is 264 g/mol. The molecule has 1 aromatic carbocycles. The van der Waals surface area contributed by atoms with Crippen LogP contribution in [-0.2, 0) is 14.6 Å². The molecule has 0 saturated carbocycles. The molecule has 4 nitrogen and oxygen atoms in total. The summed E-state index contributed by atoms with van der Waals surface area (Å²) in [6, 6.07) is 8.06. The Kier molecular flexibility index (Phi) is 5.12. The molecule has 1 aromatic rings. The zero-order valence-corrected chi connectivity index (χ0v) is 12.6. The third-order valence-electron chi connectivity index (χ3n) is 3.65. The van der Waals surface area contributed by atoms with Crippen molar-refractivity contribution < 1.29 is 18.3 Å². The first-order valence-electron chi connectivity index (χ1n) is 6.32. The maximum absolute atomic E-state index is 12.5. The summed E-state index contributed by atoms with van der Waals surface area (Å²) >= 11 is 0. The van der Waals surface area contributed by atoms with Gasteiger partial charge in [0.15, 0.2) is 5.44 Å². The lowest BCUT2D eigenvalue weighted by molar-refractivity contribution is -0.0768. The van der Waals surface area contributed by atoms with E-state index in [1.165, 1.54) is 26.2 Å². The molecule has 108 valence electrons. The van der Waals surface area contributed by atoms with Crippen LogP contribution in [0.5, 0.6) is 0 Å². The third-order valence-corrected chi connectivity index (χ3v) is 5.82. The van der Waals surface area contributed by atoms with Crippen LogP contribution in [0.3, 0.4) is 0 Å². The van der Waals surface area contributed by atoms with Gasteiger partial charge >= 0.3 is 0 Å². The average Bonchev–Trinajstić information content (AvgIpc) is 2.38. The van der Waals surface area contributed by atoms with Gasteiger partial charge in [-0.2, -0.15) is 0 Å². The topological polar surface area (TPSA) is 63.6 Å². The molecule has 0 amide bonds. The van der Waals surface area contributed by atoms with Crippen LogP contribution in [0.15, 0.2) is 35.2 Å². The number of benzene rings is 1. The Morgan fingerprint density at radius 2 is 1.84 bits per heavy atom. The summed E-state index contributed by atoms with van der Waals surface area (Å²) in [5.41, 5.74) is -2.73. The minimum absolute atomic E-state index is 0.158. The Bertz CT molecular complexity index is 493. The first-order chi connectivity index (χ1) is 8.78. The number of aliphatic hydroxyl groups is 1. The highest BCUT2D eigenvalue weighted by atomic mass is 32.2. The average molecular weight is 286 g/mol. The number of hydrogen-bond acceptors (Lipinski definition) is 4. The van der Waals surface area contributed by atoms with Crippen LogP contribution in [0.4, 0.5) is 0 Å². The van der Waals surface area contributed by atoms with Crippen LogP contribution < -0.4 is 0 Å². The van der Waals surface area contributed by atoms with Crippen LogP contribution in [-0.4, -0.2) is 31.7 Å². The van der Waals surface area contributed by atoms with E-state index in [9.17, 15) is 13.5 Å². The second-order valence-corrected chi connectivity index (χ2v) is 6.95. The fourth-order valence-corrected chi connectivity index (χ4v) is 3.96. The number of rotatable bonds is 6. The Morgan fingerprint density at radius 3 is 2.26 bits per heavy atom. The number of methoxy groups -OCH3 is 1. The van der Waals surface area contributed by atoms with Gasteiger partial charge < -0.3 is 9.84 Å². The van der Waals surface area contributed by atoms with Crippen LogP contribution in [0.1, 0.15) is 27.2 Å². The molecule has 0 aliphatic heterocycles. The van der Waals surface area contributed by atoms with E-state index in [4.69, 9.17) is 4.74 Å². The summed E-state index contributed by atoms with van der Waals surface area (Å²) in [5.74, 6) is -0.198. The van der Waals surface area contributed by atoms with E-state index in [0.717, 1.165) is 0 Å². The van der Waals surface area contributed by atoms with Gasteiger partial charge in [0.25, 0.3) is 0 Å². The van der Waals surface area contributed by atoms with E-state index in [1.54, 1.807) is 18.2 Å². The highest BCUT2D eigenvalue weighted by Crippen LogP contribution is 2.32. The van der Waals surface area contributed by atoms with Gasteiger partial charge in [0.05, 0.1) is 4.90 Å². The van der Waals surface area contributed by atoms with Crippen LogP contribution >= 0.6 is 0 Å². The van der Waals surface area contributed by atoms with Gasteiger partial charge in [-0.15, -0.1) is 0 Å². The van der Waals surface area contributed by atoms with E-state index in [1.807, 2.05) is 13.8 Å². The molecule has 1 rings (SSSR count). The second-order valence-electron chi connectivity index (χ2n) is 4.96. The minimum atomic E-state index is -3.74. The number of hydrogen-bond donors (Lipinski definition) is 1. The van der Waals surface area contributed by atoms with Gasteiger partial charge in [-0.3, -0.25) is 0 Å². The third kappa shape index (κ3) is 3.16. The van der Waals surface area contributed by atoms with Gasteiger partial charge in [0.2, 0.25) is 9.84 Å². The number of ether oxygens (including phenoxy) is 1. The molecule has 0 fully saturated rings. The molecule has 3 unspecified atom stereocenters. The van der Waals surface area contributed by atoms with Crippen molar-refractivity contribution in [2.75, 3.05) is 7.11 Å². The molecule has 19 heavy (non-hydrogen) atoms. The van der Waals surface area contributed by atoms with Crippen molar-refractivity contribution in [3.8, 4) is 0 Å². The van der Waals surface area contributed by atoms with E-state index < -0.39 is 20.9 Å². The molecule has 0 heterocycles. The van der Waals surface area contributed by atoms with E-state index in [2.05, 4.69) is 0 Å². The van der Waals surface area contributed by atoms with E-state index in [0.29, 0.717) is 6.42 Å². The second kappa shape index (κ2) is 6.03. The summed E-state index contributed by atoms with van der Waals surface area (Å²) < 4.78 is 30.2. The summed E-state index contributed by atoms with van der Waals surface area (Å²) in [6.07, 6.45) is 0.664. The fraction of sp³-hybridized carbons (Fsp3) is 0.571. The predicted molar refractivity (Wildman–Crippen MR) is 74.5 cm³/mol. The van der Waals surface area contributed by atoms with Crippen molar-refractivity contribution in [1.82, 2.24) is 0 Å².